The van der Waals surface area contributed by atoms with E-state index in [0.29, 0.717) is 17.1 Å². The fourth-order valence-electron chi connectivity index (χ4n) is 2.68. The fraction of sp³-hybridized carbons (Fsp3) is 0.333. The average molecular weight is 345 g/mol. The molecule has 6 heteroatoms. The van der Waals surface area contributed by atoms with E-state index in [1.54, 1.807) is 6.20 Å². The van der Waals surface area contributed by atoms with E-state index in [4.69, 9.17) is 11.6 Å². The number of hydrogen-bond donors (Lipinski definition) is 1. The van der Waals surface area contributed by atoms with Gasteiger partial charge in [0.15, 0.2) is 0 Å². The van der Waals surface area contributed by atoms with Gasteiger partial charge in [-0.3, -0.25) is 9.78 Å². The van der Waals surface area contributed by atoms with E-state index in [1.807, 2.05) is 36.5 Å². The van der Waals surface area contributed by atoms with E-state index in [2.05, 4.69) is 27.1 Å². The zero-order valence-corrected chi connectivity index (χ0v) is 14.5. The van der Waals surface area contributed by atoms with E-state index in [0.717, 1.165) is 37.4 Å². The van der Waals surface area contributed by atoms with Crippen LogP contribution in [0.4, 0.5) is 5.69 Å². The van der Waals surface area contributed by atoms with Gasteiger partial charge in [0.05, 0.1) is 17.4 Å². The van der Waals surface area contributed by atoms with Crippen LogP contribution in [0.3, 0.4) is 0 Å². The second-order valence-corrected chi connectivity index (χ2v) is 6.47. The topological polar surface area (TPSA) is 48.5 Å². The number of halogens is 1. The third-order valence-electron chi connectivity index (χ3n) is 4.22. The molecular formula is C18H21ClN4O. The number of benzene rings is 1. The molecule has 0 bridgehead atoms. The Bertz CT molecular complexity index is 696. The summed E-state index contributed by atoms with van der Waals surface area (Å²) < 4.78 is 0. The first-order chi connectivity index (χ1) is 11.6. The summed E-state index contributed by atoms with van der Waals surface area (Å²) in [6.07, 6.45) is 3.43. The van der Waals surface area contributed by atoms with E-state index >= 15 is 0 Å². The van der Waals surface area contributed by atoms with Crippen LogP contribution in [0.15, 0.2) is 42.7 Å². The van der Waals surface area contributed by atoms with Gasteiger partial charge in [-0.05, 0) is 30.8 Å². The summed E-state index contributed by atoms with van der Waals surface area (Å²) in [5, 5.41) is 3.61. The normalized spacial score (nSPS) is 15.3. The number of nitrogens with one attached hydrogen (secondary N) is 1. The van der Waals surface area contributed by atoms with Gasteiger partial charge in [0.2, 0.25) is 0 Å². The van der Waals surface area contributed by atoms with Crippen LogP contribution >= 0.6 is 11.6 Å². The lowest BCUT2D eigenvalue weighted by Crippen LogP contribution is -2.44. The van der Waals surface area contributed by atoms with Crippen molar-refractivity contribution in [3.05, 3.63) is 58.9 Å². The van der Waals surface area contributed by atoms with Crippen LogP contribution in [0.5, 0.6) is 0 Å². The summed E-state index contributed by atoms with van der Waals surface area (Å²) in [7, 11) is 2.12. The van der Waals surface area contributed by atoms with Gasteiger partial charge in [-0.2, -0.15) is 0 Å². The number of piperazine rings is 1. The predicted molar refractivity (Wildman–Crippen MR) is 96.6 cm³/mol. The molecule has 1 amide bonds. The molecule has 2 heterocycles. The van der Waals surface area contributed by atoms with Crippen LogP contribution in [0, 0.1) is 0 Å². The van der Waals surface area contributed by atoms with Crippen molar-refractivity contribution in [2.24, 2.45) is 0 Å². The average Bonchev–Trinajstić information content (AvgIpc) is 2.62. The van der Waals surface area contributed by atoms with Crippen LogP contribution in [0.1, 0.15) is 15.9 Å². The van der Waals surface area contributed by atoms with E-state index < -0.39 is 0 Å². The molecule has 126 valence electrons. The number of nitrogens with zero attached hydrogens (tertiary/aromatic N) is 3. The van der Waals surface area contributed by atoms with E-state index in [1.165, 1.54) is 0 Å². The minimum absolute atomic E-state index is 0.117. The van der Waals surface area contributed by atoms with Gasteiger partial charge < -0.3 is 15.1 Å². The first kappa shape index (κ1) is 16.7. The number of carbonyl (C=O) groups excluding carboxylic acids is 1. The summed E-state index contributed by atoms with van der Waals surface area (Å²) in [4.78, 5) is 21.2. The standard InChI is InChI=1S/C18H21ClN4O/c1-22-6-8-23(9-7-22)17-10-15(12-20-13-17)18(24)21-11-14-2-4-16(19)5-3-14/h2-5,10,12-13H,6-9,11H2,1H3,(H,21,24). The van der Waals surface area contributed by atoms with Crippen molar-refractivity contribution < 1.29 is 4.79 Å². The minimum Gasteiger partial charge on any atom is -0.368 e. The lowest BCUT2D eigenvalue weighted by molar-refractivity contribution is 0.0950. The molecular weight excluding hydrogens is 324 g/mol. The molecule has 0 aliphatic carbocycles. The highest BCUT2D eigenvalue weighted by molar-refractivity contribution is 6.30. The molecule has 0 saturated carbocycles. The van der Waals surface area contributed by atoms with Gasteiger partial charge in [-0.1, -0.05) is 23.7 Å². The highest BCUT2D eigenvalue weighted by Gasteiger charge is 2.16. The van der Waals surface area contributed by atoms with Crippen molar-refractivity contribution in [2.75, 3.05) is 38.1 Å². The van der Waals surface area contributed by atoms with Gasteiger partial charge in [0.1, 0.15) is 0 Å². The maximum absolute atomic E-state index is 12.4. The van der Waals surface area contributed by atoms with Crippen molar-refractivity contribution in [1.82, 2.24) is 15.2 Å². The lowest BCUT2D eigenvalue weighted by atomic mass is 10.2. The molecule has 0 unspecified atom stereocenters. The van der Waals surface area contributed by atoms with Gasteiger partial charge in [0.25, 0.3) is 5.91 Å². The summed E-state index contributed by atoms with van der Waals surface area (Å²) in [5.41, 5.74) is 2.60. The summed E-state index contributed by atoms with van der Waals surface area (Å²) in [6, 6.07) is 9.36. The first-order valence-corrected chi connectivity index (χ1v) is 8.41. The van der Waals surface area contributed by atoms with Crippen molar-refractivity contribution >= 4 is 23.2 Å². The second kappa shape index (κ2) is 7.64. The number of rotatable bonds is 4. The zero-order chi connectivity index (χ0) is 16.9. The number of hydrogen-bond acceptors (Lipinski definition) is 4. The summed E-state index contributed by atoms with van der Waals surface area (Å²) in [5.74, 6) is -0.117. The highest BCUT2D eigenvalue weighted by Crippen LogP contribution is 2.16. The van der Waals surface area contributed by atoms with Gasteiger partial charge in [0, 0.05) is 43.9 Å². The van der Waals surface area contributed by atoms with Crippen LogP contribution < -0.4 is 10.2 Å². The molecule has 5 nitrogen and oxygen atoms in total. The lowest BCUT2D eigenvalue weighted by Gasteiger charge is -2.33. The molecule has 2 aromatic rings. The highest BCUT2D eigenvalue weighted by atomic mass is 35.5. The van der Waals surface area contributed by atoms with Crippen molar-refractivity contribution in [2.45, 2.75) is 6.54 Å². The number of pyridine rings is 1. The zero-order valence-electron chi connectivity index (χ0n) is 13.7. The number of aromatic nitrogens is 1. The molecule has 3 rings (SSSR count). The third-order valence-corrected chi connectivity index (χ3v) is 4.47. The number of anilines is 1. The number of carbonyl (C=O) groups is 1. The fourth-order valence-corrected chi connectivity index (χ4v) is 2.80. The summed E-state index contributed by atoms with van der Waals surface area (Å²) >= 11 is 5.87. The molecule has 0 spiro atoms. The molecule has 1 aromatic carbocycles. The van der Waals surface area contributed by atoms with Crippen LogP contribution in [-0.2, 0) is 6.54 Å². The Balaban J connectivity index is 1.62. The molecule has 1 N–H and O–H groups in total. The van der Waals surface area contributed by atoms with Crippen LogP contribution in [-0.4, -0.2) is 49.0 Å². The number of amides is 1. The Morgan fingerprint density at radius 1 is 1.17 bits per heavy atom. The predicted octanol–water partition coefficient (Wildman–Crippen LogP) is 2.42. The molecule has 1 fully saturated rings. The quantitative estimate of drug-likeness (QED) is 0.925. The Morgan fingerprint density at radius 2 is 1.88 bits per heavy atom. The Morgan fingerprint density at radius 3 is 2.58 bits per heavy atom. The molecule has 0 radical (unpaired) electrons. The Labute approximate surface area is 147 Å². The van der Waals surface area contributed by atoms with Crippen molar-refractivity contribution in [3.63, 3.8) is 0 Å². The molecule has 1 aliphatic rings. The molecule has 1 aromatic heterocycles. The Hall–Kier alpha value is -2.11. The van der Waals surface area contributed by atoms with Crippen molar-refractivity contribution in [1.29, 1.82) is 0 Å². The first-order valence-electron chi connectivity index (χ1n) is 8.03. The maximum atomic E-state index is 12.4. The number of likely N-dealkylation sites (N-methyl/N-ethyl adjacent to an activating group) is 1. The van der Waals surface area contributed by atoms with E-state index in [9.17, 15) is 4.79 Å². The smallest absolute Gasteiger partial charge is 0.253 e. The van der Waals surface area contributed by atoms with Gasteiger partial charge in [-0.25, -0.2) is 0 Å². The summed E-state index contributed by atoms with van der Waals surface area (Å²) in [6.45, 7) is 4.41. The van der Waals surface area contributed by atoms with Gasteiger partial charge >= 0.3 is 0 Å². The SMILES string of the molecule is CN1CCN(c2cncc(C(=O)NCc3ccc(Cl)cc3)c2)CC1. The minimum atomic E-state index is -0.117. The van der Waals surface area contributed by atoms with Gasteiger partial charge in [-0.15, -0.1) is 0 Å². The maximum Gasteiger partial charge on any atom is 0.253 e. The molecule has 24 heavy (non-hydrogen) atoms. The third kappa shape index (κ3) is 4.24. The Kier molecular flexibility index (Phi) is 5.33. The molecule has 0 atom stereocenters. The van der Waals surface area contributed by atoms with Crippen LogP contribution in [0.25, 0.3) is 0 Å². The van der Waals surface area contributed by atoms with Crippen molar-refractivity contribution in [3.8, 4) is 0 Å². The monoisotopic (exact) mass is 344 g/mol. The van der Waals surface area contributed by atoms with E-state index in [-0.39, 0.29) is 5.91 Å². The van der Waals surface area contributed by atoms with Crippen LogP contribution in [0.2, 0.25) is 5.02 Å². The largest absolute Gasteiger partial charge is 0.368 e. The molecule has 1 saturated heterocycles. The molecule has 1 aliphatic heterocycles. The second-order valence-electron chi connectivity index (χ2n) is 6.03.